The number of para-hydroxylation sites is 1. The number of rotatable bonds is 1. The average molecular weight is 207 g/mol. The Kier molecular flexibility index (Phi) is 2.24. The number of aliphatic hydroxyl groups is 1. The Labute approximate surface area is 89.5 Å². The van der Waals surface area contributed by atoms with E-state index in [0.717, 1.165) is 5.56 Å². The summed E-state index contributed by atoms with van der Waals surface area (Å²) in [7, 11) is 0. The van der Waals surface area contributed by atoms with Gasteiger partial charge in [-0.25, -0.2) is 0 Å². The Morgan fingerprint density at radius 3 is 2.47 bits per heavy atom. The molecular weight excluding hydrogens is 190 g/mol. The Hall–Kier alpha value is -1.06. The van der Waals surface area contributed by atoms with Crippen molar-refractivity contribution in [3.8, 4) is 5.75 Å². The van der Waals surface area contributed by atoms with Gasteiger partial charge in [0.05, 0.1) is 5.60 Å². The highest BCUT2D eigenvalue weighted by molar-refractivity contribution is 5.39. The van der Waals surface area contributed by atoms with E-state index >= 15 is 0 Å². The van der Waals surface area contributed by atoms with Gasteiger partial charge in [-0.05, 0) is 32.3 Å². The Balaban J connectivity index is 2.36. The number of phenols is 1. The van der Waals surface area contributed by atoms with Crippen LogP contribution in [0.4, 0.5) is 0 Å². The number of aromatic hydroxyl groups is 1. The normalized spacial score (nSPS) is 35.7. The van der Waals surface area contributed by atoms with E-state index < -0.39 is 11.1 Å². The molecule has 0 saturated heterocycles. The fourth-order valence-electron chi connectivity index (χ4n) is 2.47. The van der Waals surface area contributed by atoms with Crippen LogP contribution in [0.3, 0.4) is 0 Å². The SMILES string of the molecule is CC1(O)CCC(N)(c2ccccc2O)C1. The summed E-state index contributed by atoms with van der Waals surface area (Å²) in [5.74, 6) is 0.220. The second kappa shape index (κ2) is 3.22. The minimum absolute atomic E-state index is 0.220. The van der Waals surface area contributed by atoms with Crippen molar-refractivity contribution in [2.45, 2.75) is 37.3 Å². The Morgan fingerprint density at radius 2 is 1.93 bits per heavy atom. The summed E-state index contributed by atoms with van der Waals surface area (Å²) >= 11 is 0. The molecule has 0 heterocycles. The van der Waals surface area contributed by atoms with Crippen LogP contribution in [0.25, 0.3) is 0 Å². The van der Waals surface area contributed by atoms with Crippen molar-refractivity contribution in [2.75, 3.05) is 0 Å². The van der Waals surface area contributed by atoms with E-state index in [1.165, 1.54) is 0 Å². The molecule has 2 unspecified atom stereocenters. The molecule has 0 amide bonds. The van der Waals surface area contributed by atoms with Gasteiger partial charge in [0.25, 0.3) is 0 Å². The van der Waals surface area contributed by atoms with Crippen LogP contribution in [0.15, 0.2) is 24.3 Å². The summed E-state index contributed by atoms with van der Waals surface area (Å²) in [6, 6.07) is 7.10. The molecule has 1 aliphatic rings. The first-order valence-corrected chi connectivity index (χ1v) is 5.23. The van der Waals surface area contributed by atoms with E-state index in [1.54, 1.807) is 19.1 Å². The van der Waals surface area contributed by atoms with Gasteiger partial charge in [0.1, 0.15) is 5.75 Å². The van der Waals surface area contributed by atoms with Gasteiger partial charge in [-0.2, -0.15) is 0 Å². The topological polar surface area (TPSA) is 66.5 Å². The molecule has 3 heteroatoms. The standard InChI is InChI=1S/C12H17NO2/c1-11(15)6-7-12(13,8-11)9-4-2-3-5-10(9)14/h2-5,14-15H,6-8,13H2,1H3. The predicted octanol–water partition coefficient (Wildman–Crippen LogP) is 1.48. The number of hydrogen-bond acceptors (Lipinski definition) is 3. The van der Waals surface area contributed by atoms with Crippen LogP contribution in [0.1, 0.15) is 31.7 Å². The minimum atomic E-state index is -0.711. The lowest BCUT2D eigenvalue weighted by Gasteiger charge is -2.27. The lowest BCUT2D eigenvalue weighted by Crippen LogP contribution is -2.36. The molecule has 4 N–H and O–H groups in total. The molecule has 1 aromatic carbocycles. The van der Waals surface area contributed by atoms with Gasteiger partial charge in [0.15, 0.2) is 0 Å². The number of nitrogens with two attached hydrogens (primary N) is 1. The van der Waals surface area contributed by atoms with Gasteiger partial charge < -0.3 is 15.9 Å². The zero-order valence-corrected chi connectivity index (χ0v) is 8.90. The van der Waals surface area contributed by atoms with Crippen LogP contribution in [-0.4, -0.2) is 15.8 Å². The number of phenolic OH excluding ortho intramolecular Hbond substituents is 1. The molecule has 1 aliphatic carbocycles. The highest BCUT2D eigenvalue weighted by Crippen LogP contribution is 2.44. The van der Waals surface area contributed by atoms with Crippen molar-refractivity contribution in [1.29, 1.82) is 0 Å². The quantitative estimate of drug-likeness (QED) is 0.653. The van der Waals surface area contributed by atoms with Crippen molar-refractivity contribution < 1.29 is 10.2 Å². The molecule has 82 valence electrons. The van der Waals surface area contributed by atoms with Gasteiger partial charge in [-0.15, -0.1) is 0 Å². The van der Waals surface area contributed by atoms with Crippen molar-refractivity contribution >= 4 is 0 Å². The van der Waals surface area contributed by atoms with E-state index in [-0.39, 0.29) is 5.75 Å². The molecule has 1 fully saturated rings. The maximum Gasteiger partial charge on any atom is 0.120 e. The molecule has 3 nitrogen and oxygen atoms in total. The van der Waals surface area contributed by atoms with Crippen molar-refractivity contribution in [3.63, 3.8) is 0 Å². The first-order valence-electron chi connectivity index (χ1n) is 5.23. The summed E-state index contributed by atoms with van der Waals surface area (Å²) < 4.78 is 0. The highest BCUT2D eigenvalue weighted by atomic mass is 16.3. The minimum Gasteiger partial charge on any atom is -0.508 e. The lowest BCUT2D eigenvalue weighted by molar-refractivity contribution is 0.0610. The third-order valence-corrected chi connectivity index (χ3v) is 3.25. The lowest BCUT2D eigenvalue weighted by atomic mass is 9.87. The smallest absolute Gasteiger partial charge is 0.120 e. The maximum absolute atomic E-state index is 9.92. The fourth-order valence-corrected chi connectivity index (χ4v) is 2.47. The molecule has 0 bridgehead atoms. The molecule has 0 aliphatic heterocycles. The third-order valence-electron chi connectivity index (χ3n) is 3.25. The summed E-state index contributed by atoms with van der Waals surface area (Å²) in [5.41, 5.74) is 5.68. The molecule has 1 aromatic rings. The van der Waals surface area contributed by atoms with Crippen LogP contribution in [-0.2, 0) is 5.54 Å². The second-order valence-corrected chi connectivity index (χ2v) is 4.85. The zero-order chi connectivity index (χ0) is 11.1. The molecule has 0 spiro atoms. The zero-order valence-electron chi connectivity index (χ0n) is 8.90. The van der Waals surface area contributed by atoms with Crippen LogP contribution in [0, 0.1) is 0 Å². The van der Waals surface area contributed by atoms with Gasteiger partial charge in [-0.1, -0.05) is 18.2 Å². The van der Waals surface area contributed by atoms with E-state index in [9.17, 15) is 10.2 Å². The molecule has 1 saturated carbocycles. The summed E-state index contributed by atoms with van der Waals surface area (Å²) in [6.45, 7) is 1.79. The molecule has 2 atom stereocenters. The van der Waals surface area contributed by atoms with E-state index in [2.05, 4.69) is 0 Å². The van der Waals surface area contributed by atoms with Gasteiger partial charge in [0, 0.05) is 11.1 Å². The van der Waals surface area contributed by atoms with Gasteiger partial charge in [0.2, 0.25) is 0 Å². The van der Waals surface area contributed by atoms with E-state index in [4.69, 9.17) is 5.73 Å². The summed E-state index contributed by atoms with van der Waals surface area (Å²) in [5, 5.41) is 19.7. The van der Waals surface area contributed by atoms with Crippen molar-refractivity contribution in [2.24, 2.45) is 5.73 Å². The van der Waals surface area contributed by atoms with Crippen molar-refractivity contribution in [3.05, 3.63) is 29.8 Å². The van der Waals surface area contributed by atoms with Crippen LogP contribution in [0.5, 0.6) is 5.75 Å². The van der Waals surface area contributed by atoms with Crippen LogP contribution >= 0.6 is 0 Å². The Morgan fingerprint density at radius 1 is 1.27 bits per heavy atom. The van der Waals surface area contributed by atoms with Crippen LogP contribution < -0.4 is 5.73 Å². The predicted molar refractivity (Wildman–Crippen MR) is 58.4 cm³/mol. The summed E-state index contributed by atoms with van der Waals surface area (Å²) in [4.78, 5) is 0. The van der Waals surface area contributed by atoms with E-state index in [0.29, 0.717) is 19.3 Å². The largest absolute Gasteiger partial charge is 0.508 e. The second-order valence-electron chi connectivity index (χ2n) is 4.85. The monoisotopic (exact) mass is 207 g/mol. The third kappa shape index (κ3) is 1.85. The van der Waals surface area contributed by atoms with E-state index in [1.807, 2.05) is 12.1 Å². The number of hydrogen-bond donors (Lipinski definition) is 3. The van der Waals surface area contributed by atoms with Crippen LogP contribution in [0.2, 0.25) is 0 Å². The van der Waals surface area contributed by atoms with Crippen molar-refractivity contribution in [1.82, 2.24) is 0 Å². The first-order chi connectivity index (χ1) is 6.93. The van der Waals surface area contributed by atoms with Gasteiger partial charge in [-0.3, -0.25) is 0 Å². The fraction of sp³-hybridized carbons (Fsp3) is 0.500. The van der Waals surface area contributed by atoms with Gasteiger partial charge >= 0.3 is 0 Å². The molecule has 15 heavy (non-hydrogen) atoms. The molecule has 2 rings (SSSR count). The molecular formula is C12H17NO2. The number of benzene rings is 1. The maximum atomic E-state index is 9.92. The Bertz CT molecular complexity index is 376. The average Bonchev–Trinajstić information content (AvgIpc) is 2.42. The highest BCUT2D eigenvalue weighted by Gasteiger charge is 2.44. The molecule has 0 radical (unpaired) electrons. The molecule has 0 aromatic heterocycles. The summed E-state index contributed by atoms with van der Waals surface area (Å²) in [6.07, 6.45) is 1.88. The first kappa shape index (κ1) is 10.5.